The predicted octanol–water partition coefficient (Wildman–Crippen LogP) is 3.09. The molecule has 2 N–H and O–H groups in total. The number of hydrogen-bond acceptors (Lipinski definition) is 10. The fraction of sp³-hybridized carbons (Fsp3) is 0.576. The summed E-state index contributed by atoms with van der Waals surface area (Å²) in [4.78, 5) is 54.2. The first-order valence-corrected chi connectivity index (χ1v) is 14.6. The average Bonchev–Trinajstić information content (AvgIpc) is 2.95. The Morgan fingerprint density at radius 3 is 2.33 bits per heavy atom. The fourth-order valence-corrected chi connectivity index (χ4v) is 8.16. The summed E-state index contributed by atoms with van der Waals surface area (Å²) in [6, 6.07) is 8.22. The van der Waals surface area contributed by atoms with Crippen LogP contribution in [0.5, 0.6) is 0 Å². The molecule has 10 nitrogen and oxygen atoms in total. The van der Waals surface area contributed by atoms with Gasteiger partial charge >= 0.3 is 17.9 Å². The van der Waals surface area contributed by atoms with E-state index in [9.17, 15) is 24.6 Å². The van der Waals surface area contributed by atoms with Gasteiger partial charge in [-0.2, -0.15) is 0 Å². The van der Waals surface area contributed by atoms with Crippen molar-refractivity contribution in [2.24, 2.45) is 22.7 Å². The Balaban J connectivity index is 1.84. The molecule has 10 heteroatoms. The highest BCUT2D eigenvalue weighted by Gasteiger charge is 2.77. The molecule has 3 aliphatic carbocycles. The Bertz CT molecular complexity index is 1400. The second-order valence-electron chi connectivity index (χ2n) is 13.2. The van der Waals surface area contributed by atoms with Crippen LogP contribution >= 0.6 is 0 Å². The van der Waals surface area contributed by atoms with Crippen molar-refractivity contribution in [2.45, 2.75) is 90.0 Å². The molecule has 43 heavy (non-hydrogen) atoms. The number of aliphatic hydroxyl groups is 2. The summed E-state index contributed by atoms with van der Waals surface area (Å²) < 4.78 is 24.1. The first-order valence-electron chi connectivity index (χ1n) is 14.6. The molecule has 2 saturated carbocycles. The van der Waals surface area contributed by atoms with E-state index in [2.05, 4.69) is 6.58 Å². The smallest absolute Gasteiger partial charge is 0.338 e. The monoisotopic (exact) mass is 596 g/mol. The Kier molecular flexibility index (Phi) is 7.51. The third kappa shape index (κ3) is 4.32. The number of hydrogen-bond donors (Lipinski definition) is 2. The van der Waals surface area contributed by atoms with E-state index in [4.69, 9.17) is 18.9 Å². The minimum absolute atomic E-state index is 0.129. The summed E-state index contributed by atoms with van der Waals surface area (Å²) >= 11 is 0. The maximum absolute atomic E-state index is 15.0. The largest absolute Gasteiger partial charge is 0.455 e. The molecule has 0 spiro atoms. The Morgan fingerprint density at radius 1 is 1.12 bits per heavy atom. The van der Waals surface area contributed by atoms with E-state index in [1.54, 1.807) is 58.0 Å². The van der Waals surface area contributed by atoms with E-state index < -0.39 is 82.0 Å². The van der Waals surface area contributed by atoms with Crippen LogP contribution in [0, 0.1) is 22.7 Å². The van der Waals surface area contributed by atoms with Crippen molar-refractivity contribution in [1.82, 2.24) is 0 Å². The molecule has 5 rings (SSSR count). The van der Waals surface area contributed by atoms with Crippen molar-refractivity contribution >= 4 is 23.7 Å². The number of rotatable bonds is 5. The van der Waals surface area contributed by atoms with Gasteiger partial charge in [0.2, 0.25) is 0 Å². The molecule has 3 fully saturated rings. The third-order valence-corrected chi connectivity index (χ3v) is 10.8. The van der Waals surface area contributed by atoms with E-state index in [1.807, 2.05) is 6.92 Å². The van der Waals surface area contributed by atoms with Crippen molar-refractivity contribution in [3.05, 3.63) is 59.7 Å². The number of carbonyl (C=O) groups is 4. The van der Waals surface area contributed by atoms with Gasteiger partial charge in [-0.25, -0.2) is 9.59 Å². The first kappa shape index (κ1) is 31.1. The lowest BCUT2D eigenvalue weighted by atomic mass is 9.43. The highest BCUT2D eigenvalue weighted by molar-refractivity contribution is 5.95. The molecular weight excluding hydrogens is 556 g/mol. The molecule has 1 saturated heterocycles. The van der Waals surface area contributed by atoms with Gasteiger partial charge in [0.25, 0.3) is 0 Å². The Labute approximate surface area is 251 Å². The van der Waals surface area contributed by atoms with Crippen LogP contribution in [0.25, 0.3) is 0 Å². The number of ether oxygens (including phenoxy) is 4. The number of aliphatic hydroxyl groups excluding tert-OH is 1. The molecule has 2 bridgehead atoms. The van der Waals surface area contributed by atoms with Crippen molar-refractivity contribution < 1.29 is 48.3 Å². The summed E-state index contributed by atoms with van der Waals surface area (Å²) in [7, 11) is 0. The van der Waals surface area contributed by atoms with Crippen molar-refractivity contribution in [2.75, 3.05) is 6.61 Å². The zero-order valence-electron chi connectivity index (χ0n) is 25.4. The first-order chi connectivity index (χ1) is 20.1. The van der Waals surface area contributed by atoms with Crippen LogP contribution in [0.1, 0.15) is 64.7 Å². The lowest BCUT2D eigenvalue weighted by Gasteiger charge is -2.68. The van der Waals surface area contributed by atoms with E-state index in [0.717, 1.165) is 6.08 Å². The van der Waals surface area contributed by atoms with Gasteiger partial charge in [0.15, 0.2) is 17.5 Å². The maximum Gasteiger partial charge on any atom is 0.338 e. The number of Topliss-reactive ketones (excluding diaryl/α,β-unsaturated/α-hetero) is 1. The molecule has 0 amide bonds. The predicted molar refractivity (Wildman–Crippen MR) is 152 cm³/mol. The van der Waals surface area contributed by atoms with E-state index in [0.29, 0.717) is 12.0 Å². The van der Waals surface area contributed by atoms with Gasteiger partial charge < -0.3 is 29.2 Å². The summed E-state index contributed by atoms with van der Waals surface area (Å²) in [6.07, 6.45) is -3.84. The number of esters is 3. The lowest BCUT2D eigenvalue weighted by Crippen LogP contribution is -2.80. The molecule has 0 radical (unpaired) electrons. The number of benzene rings is 1. The Hall–Kier alpha value is -3.34. The van der Waals surface area contributed by atoms with E-state index in [1.165, 1.54) is 6.92 Å². The fourth-order valence-electron chi connectivity index (χ4n) is 8.16. The maximum atomic E-state index is 15.0. The number of ketones is 1. The van der Waals surface area contributed by atoms with Gasteiger partial charge in [-0.05, 0) is 42.5 Å². The average molecular weight is 597 g/mol. The molecule has 1 heterocycles. The molecule has 232 valence electrons. The quantitative estimate of drug-likeness (QED) is 0.225. The SMILES string of the molecule is C=CC(=O)O[C@@]12CO[C@@H]1C[C@H](C)[C@@]1(C)C(=O)[C@H](OC(C)=O)C3=C(C)[C@@H](O)C[C@@](O)(C(OC(=O)c4ccccc4)C12)C3(C)C. The second-order valence-corrected chi connectivity index (χ2v) is 13.2. The van der Waals surface area contributed by atoms with Crippen molar-refractivity contribution in [3.8, 4) is 0 Å². The highest BCUT2D eigenvalue weighted by Crippen LogP contribution is 2.65. The van der Waals surface area contributed by atoms with Gasteiger partial charge in [0.1, 0.15) is 17.8 Å². The van der Waals surface area contributed by atoms with Crippen LogP contribution in [0.2, 0.25) is 0 Å². The van der Waals surface area contributed by atoms with E-state index >= 15 is 4.79 Å². The standard InChI is InChI=1S/C33H40O10/c1-8-23(36)43-32-16-40-22(32)14-17(2)31(7)26(32)28(42-29(38)20-12-10-9-11-13-20)33(39)15-21(35)18(3)24(30(33,5)6)25(27(31)37)41-19(4)34/h8-13,17,21-22,25-26,28,35,39H,1,14-16H2,2-7H3/t17-,21-,22+,25+,26?,28?,31+,32-,33+/m0/s1. The van der Waals surface area contributed by atoms with Crippen molar-refractivity contribution in [3.63, 3.8) is 0 Å². The third-order valence-electron chi connectivity index (χ3n) is 10.8. The molecule has 4 aliphatic rings. The number of carbonyl (C=O) groups excluding carboxylic acids is 4. The summed E-state index contributed by atoms with van der Waals surface area (Å²) in [5.41, 5.74) is -5.52. The highest BCUT2D eigenvalue weighted by atomic mass is 16.6. The van der Waals surface area contributed by atoms with Crippen LogP contribution in [0.3, 0.4) is 0 Å². The molecular formula is C33H40O10. The molecule has 9 atom stereocenters. The second kappa shape index (κ2) is 10.4. The normalized spacial score (nSPS) is 39.6. The van der Waals surface area contributed by atoms with Gasteiger partial charge in [-0.1, -0.05) is 52.5 Å². The zero-order chi connectivity index (χ0) is 31.7. The number of fused-ring (bicyclic) bond motifs is 5. The van der Waals surface area contributed by atoms with Crippen molar-refractivity contribution in [1.29, 1.82) is 0 Å². The topological polar surface area (TPSA) is 146 Å². The molecule has 1 aliphatic heterocycles. The summed E-state index contributed by atoms with van der Waals surface area (Å²) in [5, 5.41) is 24.3. The Morgan fingerprint density at radius 2 is 1.77 bits per heavy atom. The summed E-state index contributed by atoms with van der Waals surface area (Å²) in [6.45, 7) is 13.1. The van der Waals surface area contributed by atoms with Gasteiger partial charge in [0, 0.05) is 30.3 Å². The van der Waals surface area contributed by atoms with Gasteiger partial charge in [-0.15, -0.1) is 0 Å². The van der Waals surface area contributed by atoms with Crippen LogP contribution in [-0.2, 0) is 33.3 Å². The van der Waals surface area contributed by atoms with Gasteiger partial charge in [0.05, 0.1) is 24.2 Å². The van der Waals surface area contributed by atoms with Crippen LogP contribution in [0.4, 0.5) is 0 Å². The van der Waals surface area contributed by atoms with Gasteiger partial charge in [-0.3, -0.25) is 9.59 Å². The van der Waals surface area contributed by atoms with Crippen LogP contribution < -0.4 is 0 Å². The lowest BCUT2D eigenvalue weighted by molar-refractivity contribution is -0.339. The minimum Gasteiger partial charge on any atom is -0.455 e. The molecule has 2 unspecified atom stereocenters. The molecule has 1 aromatic carbocycles. The summed E-state index contributed by atoms with van der Waals surface area (Å²) in [5.74, 6) is -4.37. The van der Waals surface area contributed by atoms with E-state index in [-0.39, 0.29) is 24.2 Å². The van der Waals surface area contributed by atoms with Crippen LogP contribution in [0.15, 0.2) is 54.1 Å². The zero-order valence-corrected chi connectivity index (χ0v) is 25.4. The van der Waals surface area contributed by atoms with Crippen LogP contribution in [-0.4, -0.2) is 76.1 Å². The molecule has 1 aromatic rings. The minimum atomic E-state index is -2.03. The molecule has 0 aromatic heterocycles.